The zero-order valence-electron chi connectivity index (χ0n) is 17.1. The molecule has 0 amide bonds. The first-order valence-corrected chi connectivity index (χ1v) is 9.72. The smallest absolute Gasteiger partial charge is 0.329 e. The third-order valence-corrected chi connectivity index (χ3v) is 5.00. The lowest BCUT2D eigenvalue weighted by Crippen LogP contribution is -2.29. The van der Waals surface area contributed by atoms with Gasteiger partial charge in [-0.1, -0.05) is 60.2 Å². The number of anilines is 1. The number of hydrogen-bond donors (Lipinski definition) is 3. The summed E-state index contributed by atoms with van der Waals surface area (Å²) in [6.45, 7) is 2.05. The molecule has 2 aromatic heterocycles. The summed E-state index contributed by atoms with van der Waals surface area (Å²) in [6, 6.07) is 16.9. The number of aromatic nitrogens is 4. The number of aryl methyl sites for hydroxylation is 2. The molecule has 9 nitrogen and oxygen atoms in total. The van der Waals surface area contributed by atoms with Crippen LogP contribution < -0.4 is 16.7 Å². The molecule has 0 saturated carbocycles. The van der Waals surface area contributed by atoms with E-state index in [-0.39, 0.29) is 23.7 Å². The lowest BCUT2D eigenvalue weighted by molar-refractivity contribution is 0.158. The van der Waals surface area contributed by atoms with Crippen LogP contribution in [0.5, 0.6) is 0 Å². The number of fused-ring (bicyclic) bond motifs is 1. The number of aliphatic hydroxyl groups excluding tert-OH is 1. The lowest BCUT2D eigenvalue weighted by atomic mass is 10.1. The zero-order valence-corrected chi connectivity index (χ0v) is 17.1. The van der Waals surface area contributed by atoms with E-state index >= 15 is 0 Å². The fourth-order valence-corrected chi connectivity index (χ4v) is 3.27. The summed E-state index contributed by atoms with van der Waals surface area (Å²) < 4.78 is 2.77. The van der Waals surface area contributed by atoms with E-state index in [1.807, 2.05) is 49.4 Å². The molecule has 158 valence electrons. The average molecular weight is 418 g/mol. The van der Waals surface area contributed by atoms with Crippen molar-refractivity contribution in [2.45, 2.75) is 19.6 Å². The van der Waals surface area contributed by atoms with E-state index in [0.717, 1.165) is 11.1 Å². The first kappa shape index (κ1) is 20.3. The number of nitrogens with zero attached hydrogens (tertiary/aromatic N) is 4. The molecular formula is C22H22N6O3. The summed E-state index contributed by atoms with van der Waals surface area (Å²) in [6.07, 6.45) is 0.733. The predicted molar refractivity (Wildman–Crippen MR) is 119 cm³/mol. The maximum absolute atomic E-state index is 12.6. The number of rotatable bonds is 6. The SMILES string of the molecule is Cc1ccc(/C=N\Nc2nc3c(c(=O)[nH]c(=O)n3C)n2C[C@H](O)c2ccccc2)cc1. The standard InChI is InChI=1S/C22H22N6O3/c1-14-8-10-15(11-9-14)12-23-26-21-24-19-18(20(30)25-22(31)27(19)2)28(21)13-17(29)16-6-4-3-5-7-16/h3-12,17,29H,13H2,1-2H3,(H,24,26)(H,25,30,31)/b23-12-/t17-/m0/s1. The van der Waals surface area contributed by atoms with Gasteiger partial charge in [0.15, 0.2) is 11.2 Å². The van der Waals surface area contributed by atoms with Crippen molar-refractivity contribution in [3.05, 3.63) is 92.1 Å². The number of hydrazone groups is 1. The minimum atomic E-state index is -0.892. The van der Waals surface area contributed by atoms with E-state index in [0.29, 0.717) is 5.56 Å². The minimum Gasteiger partial charge on any atom is -0.387 e. The van der Waals surface area contributed by atoms with Crippen molar-refractivity contribution < 1.29 is 5.11 Å². The van der Waals surface area contributed by atoms with Crippen LogP contribution in [0.3, 0.4) is 0 Å². The third kappa shape index (κ3) is 4.17. The van der Waals surface area contributed by atoms with Crippen molar-refractivity contribution in [1.82, 2.24) is 19.1 Å². The lowest BCUT2D eigenvalue weighted by Gasteiger charge is -2.14. The molecule has 2 aromatic carbocycles. The summed E-state index contributed by atoms with van der Waals surface area (Å²) >= 11 is 0. The van der Waals surface area contributed by atoms with Gasteiger partial charge in [0.1, 0.15) is 0 Å². The Morgan fingerprint density at radius 3 is 2.58 bits per heavy atom. The van der Waals surface area contributed by atoms with Crippen LogP contribution in [0.15, 0.2) is 69.3 Å². The number of aliphatic hydroxyl groups is 1. The minimum absolute atomic E-state index is 0.0458. The van der Waals surface area contributed by atoms with Crippen LogP contribution in [0, 0.1) is 6.92 Å². The van der Waals surface area contributed by atoms with Gasteiger partial charge in [-0.3, -0.25) is 18.9 Å². The Labute approximate surface area is 177 Å². The Morgan fingerprint density at radius 1 is 1.16 bits per heavy atom. The summed E-state index contributed by atoms with van der Waals surface area (Å²) in [4.78, 5) is 31.2. The van der Waals surface area contributed by atoms with Gasteiger partial charge in [0.2, 0.25) is 5.95 Å². The molecule has 0 fully saturated rings. The quantitative estimate of drug-likeness (QED) is 0.327. The van der Waals surface area contributed by atoms with Gasteiger partial charge in [0, 0.05) is 7.05 Å². The van der Waals surface area contributed by atoms with Crippen molar-refractivity contribution in [2.75, 3.05) is 5.43 Å². The second-order valence-corrected chi connectivity index (χ2v) is 7.24. The molecule has 0 bridgehead atoms. The van der Waals surface area contributed by atoms with Crippen LogP contribution in [0.1, 0.15) is 22.8 Å². The molecule has 0 saturated heterocycles. The maximum atomic E-state index is 12.6. The fraction of sp³-hybridized carbons (Fsp3) is 0.182. The van der Waals surface area contributed by atoms with Crippen LogP contribution in [-0.4, -0.2) is 30.4 Å². The van der Waals surface area contributed by atoms with E-state index in [9.17, 15) is 14.7 Å². The van der Waals surface area contributed by atoms with Crippen molar-refractivity contribution in [3.8, 4) is 0 Å². The highest BCUT2D eigenvalue weighted by molar-refractivity contribution is 5.80. The number of hydrogen-bond acceptors (Lipinski definition) is 6. The fourth-order valence-electron chi connectivity index (χ4n) is 3.27. The number of nitrogens with one attached hydrogen (secondary N) is 2. The molecule has 0 aliphatic heterocycles. The summed E-state index contributed by atoms with van der Waals surface area (Å²) in [5.41, 5.74) is 4.77. The third-order valence-electron chi connectivity index (χ3n) is 5.00. The van der Waals surface area contributed by atoms with Gasteiger partial charge in [-0.15, -0.1) is 0 Å². The van der Waals surface area contributed by atoms with Gasteiger partial charge in [-0.05, 0) is 18.1 Å². The second-order valence-electron chi connectivity index (χ2n) is 7.24. The predicted octanol–water partition coefficient (Wildman–Crippen LogP) is 1.91. The van der Waals surface area contributed by atoms with Crippen molar-refractivity contribution in [2.24, 2.45) is 12.1 Å². The van der Waals surface area contributed by atoms with Gasteiger partial charge in [0.25, 0.3) is 5.56 Å². The van der Waals surface area contributed by atoms with Crippen LogP contribution in [0.2, 0.25) is 0 Å². The molecule has 0 aliphatic rings. The van der Waals surface area contributed by atoms with Gasteiger partial charge >= 0.3 is 5.69 Å². The number of H-pyrrole nitrogens is 1. The van der Waals surface area contributed by atoms with Crippen molar-refractivity contribution >= 4 is 23.3 Å². The molecule has 0 spiro atoms. The highest BCUT2D eigenvalue weighted by atomic mass is 16.3. The van der Waals surface area contributed by atoms with Crippen molar-refractivity contribution in [3.63, 3.8) is 0 Å². The van der Waals surface area contributed by atoms with E-state index in [1.165, 1.54) is 16.2 Å². The van der Waals surface area contributed by atoms with Gasteiger partial charge in [0.05, 0.1) is 18.9 Å². The Balaban J connectivity index is 1.74. The maximum Gasteiger partial charge on any atom is 0.329 e. The van der Waals surface area contributed by atoms with Gasteiger partial charge < -0.3 is 5.11 Å². The topological polar surface area (TPSA) is 117 Å². The molecule has 1 atom stereocenters. The molecule has 4 aromatic rings. The average Bonchev–Trinajstić information content (AvgIpc) is 3.13. The molecule has 9 heteroatoms. The van der Waals surface area contributed by atoms with Crippen LogP contribution >= 0.6 is 0 Å². The Bertz CT molecular complexity index is 1350. The Hall–Kier alpha value is -3.98. The molecule has 4 rings (SSSR count). The summed E-state index contributed by atoms with van der Waals surface area (Å²) in [5, 5.41) is 14.9. The van der Waals surface area contributed by atoms with E-state index in [2.05, 4.69) is 20.5 Å². The first-order chi connectivity index (χ1) is 14.9. The Kier molecular flexibility index (Phi) is 5.50. The summed E-state index contributed by atoms with van der Waals surface area (Å²) in [7, 11) is 1.52. The molecule has 2 heterocycles. The van der Waals surface area contributed by atoms with E-state index in [1.54, 1.807) is 18.3 Å². The Morgan fingerprint density at radius 2 is 1.87 bits per heavy atom. The first-order valence-electron chi connectivity index (χ1n) is 9.72. The van der Waals surface area contributed by atoms with Crippen LogP contribution in [0.4, 0.5) is 5.95 Å². The normalized spacial score (nSPS) is 12.5. The second kappa shape index (κ2) is 8.41. The van der Waals surface area contributed by atoms with Crippen molar-refractivity contribution in [1.29, 1.82) is 0 Å². The van der Waals surface area contributed by atoms with Gasteiger partial charge in [-0.2, -0.15) is 10.1 Å². The molecule has 0 unspecified atom stereocenters. The highest BCUT2D eigenvalue weighted by Crippen LogP contribution is 2.21. The monoisotopic (exact) mass is 418 g/mol. The highest BCUT2D eigenvalue weighted by Gasteiger charge is 2.20. The van der Waals surface area contributed by atoms with Crippen LogP contribution in [-0.2, 0) is 13.6 Å². The van der Waals surface area contributed by atoms with E-state index in [4.69, 9.17) is 0 Å². The van der Waals surface area contributed by atoms with E-state index < -0.39 is 17.4 Å². The largest absolute Gasteiger partial charge is 0.387 e. The number of imidazole rings is 1. The molecule has 0 aliphatic carbocycles. The number of benzene rings is 2. The zero-order chi connectivity index (χ0) is 22.0. The molecule has 0 radical (unpaired) electrons. The molecular weight excluding hydrogens is 396 g/mol. The van der Waals surface area contributed by atoms with Gasteiger partial charge in [-0.25, -0.2) is 10.2 Å². The number of aromatic amines is 1. The molecule has 31 heavy (non-hydrogen) atoms. The molecule has 3 N–H and O–H groups in total. The van der Waals surface area contributed by atoms with Crippen LogP contribution in [0.25, 0.3) is 11.2 Å². The summed E-state index contributed by atoms with van der Waals surface area (Å²) in [5.74, 6) is 0.236.